The van der Waals surface area contributed by atoms with E-state index in [-0.39, 0.29) is 36.9 Å². The maximum atomic E-state index is 14.5. The van der Waals surface area contributed by atoms with Crippen LogP contribution in [0.15, 0.2) is 72.8 Å². The van der Waals surface area contributed by atoms with E-state index in [1.807, 2.05) is 65.0 Å². The van der Waals surface area contributed by atoms with Crippen LogP contribution in [0, 0.1) is 57.7 Å². The van der Waals surface area contributed by atoms with Crippen molar-refractivity contribution in [1.82, 2.24) is 4.90 Å². The second-order valence-corrected chi connectivity index (χ2v) is 12.4. The zero-order chi connectivity index (χ0) is 34.7. The number of Topliss-reactive ketones (excluding diaryl/α,β-unsaturated/α-hetero) is 1. The molecule has 1 saturated heterocycles. The molecule has 3 aromatic rings. The van der Waals surface area contributed by atoms with Gasteiger partial charge in [0.05, 0.1) is 11.7 Å². The standard InChI is InChI=1S/C23H23ClFNO2.C10H11O.C5H10O.C2H6.U/c1-15(2)14-26-11-9-16(10-12-26)18-5-4-6-21-22(18)28-23(3,27-21)19-8-7-17(24)13-20(19)25;1-7-4-5-10(9(3)11)6-8(7)2;1-2-5-3-4-6-5;1-2;/h4-9,13H,1,10-12,14H2,2-3H3;4-6H,3H2,1-2H3;5H,2-4H2,1H3;1-2H3;/q;-1;;;. The first-order valence-corrected chi connectivity index (χ1v) is 16.9. The van der Waals surface area contributed by atoms with Crippen molar-refractivity contribution in [2.75, 3.05) is 26.2 Å². The van der Waals surface area contributed by atoms with E-state index >= 15 is 0 Å². The molecule has 0 aromatic heterocycles. The Morgan fingerprint density at radius 2 is 1.81 bits per heavy atom. The monoisotopic (exact) mass is 900 g/mol. The van der Waals surface area contributed by atoms with Gasteiger partial charge in [0.1, 0.15) is 5.82 Å². The average molecular weight is 901 g/mol. The molecule has 0 bridgehead atoms. The van der Waals surface area contributed by atoms with Gasteiger partial charge in [-0.3, -0.25) is 4.90 Å². The number of nitrogens with zero attached hydrogens (tertiary/aromatic N) is 1. The van der Waals surface area contributed by atoms with Crippen LogP contribution in [0.2, 0.25) is 5.02 Å². The second-order valence-electron chi connectivity index (χ2n) is 12.0. The molecule has 8 heteroatoms. The largest absolute Gasteiger partial charge is 0.444 e. The number of carbonyl (C=O) groups is 1. The molecular formula is C40H50ClFNO4U-. The zero-order valence-electron chi connectivity index (χ0n) is 29.6. The summed E-state index contributed by atoms with van der Waals surface area (Å²) in [4.78, 5) is 13.2. The fraction of sp³-hybridized carbons (Fsp3) is 0.400. The number of ether oxygens (including phenoxy) is 3. The van der Waals surface area contributed by atoms with E-state index in [0.717, 1.165) is 49.4 Å². The number of rotatable bonds is 6. The van der Waals surface area contributed by atoms with E-state index in [9.17, 15) is 9.18 Å². The van der Waals surface area contributed by atoms with Gasteiger partial charge in [0.2, 0.25) is 0 Å². The van der Waals surface area contributed by atoms with Crippen molar-refractivity contribution in [3.05, 3.63) is 118 Å². The third-order valence-corrected chi connectivity index (χ3v) is 8.45. The maximum Gasteiger partial charge on any atom is 0.278 e. The topological polar surface area (TPSA) is 48.0 Å². The summed E-state index contributed by atoms with van der Waals surface area (Å²) in [5.41, 5.74) is 6.74. The molecule has 0 radical (unpaired) electrons. The summed E-state index contributed by atoms with van der Waals surface area (Å²) in [6.45, 7) is 25.0. The quantitative estimate of drug-likeness (QED) is 0.140. The molecule has 3 heterocycles. The number of carbonyl (C=O) groups excluding carboxylic acids is 1. The third kappa shape index (κ3) is 11.3. The summed E-state index contributed by atoms with van der Waals surface area (Å²) in [6.07, 6.45) is 6.24. The fourth-order valence-electron chi connectivity index (χ4n) is 5.35. The van der Waals surface area contributed by atoms with Crippen molar-refractivity contribution in [2.24, 2.45) is 0 Å². The van der Waals surface area contributed by atoms with E-state index in [2.05, 4.69) is 31.4 Å². The van der Waals surface area contributed by atoms with Crippen molar-refractivity contribution in [2.45, 2.75) is 79.6 Å². The summed E-state index contributed by atoms with van der Waals surface area (Å²) < 4.78 is 31.8. The summed E-state index contributed by atoms with van der Waals surface area (Å²) in [5, 5.41) is 0.340. The van der Waals surface area contributed by atoms with Gasteiger partial charge in [-0.25, -0.2) is 4.39 Å². The van der Waals surface area contributed by atoms with Crippen molar-refractivity contribution < 1.29 is 54.5 Å². The first-order valence-electron chi connectivity index (χ1n) is 16.5. The minimum absolute atomic E-state index is 0. The predicted molar refractivity (Wildman–Crippen MR) is 192 cm³/mol. The fourth-order valence-corrected chi connectivity index (χ4v) is 5.51. The Hall–Kier alpha value is -2.53. The molecule has 2 atom stereocenters. The van der Waals surface area contributed by atoms with E-state index in [1.54, 1.807) is 25.1 Å². The molecule has 48 heavy (non-hydrogen) atoms. The number of benzene rings is 3. The molecule has 5 nitrogen and oxygen atoms in total. The summed E-state index contributed by atoms with van der Waals surface area (Å²) in [7, 11) is 0. The van der Waals surface area contributed by atoms with Crippen molar-refractivity contribution in [3.8, 4) is 11.5 Å². The minimum Gasteiger partial charge on any atom is -0.444 e. The predicted octanol–water partition coefficient (Wildman–Crippen LogP) is 10.3. The Kier molecular flexibility index (Phi) is 17.0. The van der Waals surface area contributed by atoms with Crippen molar-refractivity contribution in [3.63, 3.8) is 0 Å². The molecule has 0 aliphatic carbocycles. The van der Waals surface area contributed by atoms with Crippen LogP contribution in [0.25, 0.3) is 5.57 Å². The van der Waals surface area contributed by atoms with Gasteiger partial charge in [0.15, 0.2) is 11.5 Å². The molecule has 3 aromatic carbocycles. The van der Waals surface area contributed by atoms with Crippen LogP contribution in [0.1, 0.15) is 86.5 Å². The zero-order valence-corrected chi connectivity index (χ0v) is 34.5. The molecule has 2 unspecified atom stereocenters. The smallest absolute Gasteiger partial charge is 0.278 e. The molecule has 0 N–H and O–H groups in total. The van der Waals surface area contributed by atoms with Gasteiger partial charge in [0, 0.05) is 80.6 Å². The van der Waals surface area contributed by atoms with Crippen LogP contribution in [0.5, 0.6) is 11.5 Å². The number of ketones is 1. The molecule has 3 aliphatic rings. The number of hydrogen-bond acceptors (Lipinski definition) is 5. The first kappa shape index (κ1) is 41.6. The molecule has 0 spiro atoms. The molecule has 3 aliphatic heterocycles. The van der Waals surface area contributed by atoms with Gasteiger partial charge < -0.3 is 19.0 Å². The number of fused-ring (bicyclic) bond motifs is 1. The Morgan fingerprint density at radius 3 is 2.31 bits per heavy atom. The summed E-state index contributed by atoms with van der Waals surface area (Å²) >= 11 is 5.89. The van der Waals surface area contributed by atoms with Crippen LogP contribution in [0.4, 0.5) is 4.39 Å². The van der Waals surface area contributed by atoms with E-state index < -0.39 is 11.6 Å². The Balaban J connectivity index is 0.000000329. The number of para-hydroxylation sites is 1. The van der Waals surface area contributed by atoms with Gasteiger partial charge in [-0.15, -0.1) is 17.7 Å². The van der Waals surface area contributed by atoms with Crippen LogP contribution >= 0.6 is 11.6 Å². The Morgan fingerprint density at radius 1 is 1.10 bits per heavy atom. The van der Waals surface area contributed by atoms with Crippen LogP contribution in [-0.2, 0) is 10.5 Å². The minimum atomic E-state index is -1.23. The van der Waals surface area contributed by atoms with E-state index in [0.29, 0.717) is 33.8 Å². The summed E-state index contributed by atoms with van der Waals surface area (Å²) in [6, 6.07) is 16.0. The molecule has 1 fully saturated rings. The van der Waals surface area contributed by atoms with Gasteiger partial charge in [0.25, 0.3) is 5.79 Å². The second kappa shape index (κ2) is 19.6. The Bertz CT molecular complexity index is 1570. The first-order chi connectivity index (χ1) is 22.4. The number of halogens is 2. The van der Waals surface area contributed by atoms with Gasteiger partial charge in [-0.05, 0) is 69.9 Å². The molecule has 0 amide bonds. The van der Waals surface area contributed by atoms with Gasteiger partial charge >= 0.3 is 0 Å². The molecular weight excluding hydrogens is 851 g/mol. The number of hydrogen-bond donors (Lipinski definition) is 0. The van der Waals surface area contributed by atoms with E-state index in [1.165, 1.54) is 30.0 Å². The summed E-state index contributed by atoms with van der Waals surface area (Å²) in [5.74, 6) is -0.503. The third-order valence-electron chi connectivity index (χ3n) is 8.21. The van der Waals surface area contributed by atoms with Crippen molar-refractivity contribution in [1.29, 1.82) is 0 Å². The van der Waals surface area contributed by atoms with Gasteiger partial charge in [-0.2, -0.15) is 6.92 Å². The SMILES string of the molecule is C=C(C)CN1CC=C(c2cccc3c2OC(C)(c2ccc(Cl)cc2F)O3)CC1.CC.CCC1CCO1.[CH2-]C(=O)c1ccc(C)c(C)c1.[U]. The van der Waals surface area contributed by atoms with E-state index in [4.69, 9.17) is 25.8 Å². The normalized spacial score (nSPS) is 18.9. The van der Waals surface area contributed by atoms with Gasteiger partial charge in [-0.1, -0.05) is 79.9 Å². The van der Waals surface area contributed by atoms with Crippen LogP contribution in [-0.4, -0.2) is 43.0 Å². The van der Waals surface area contributed by atoms with Crippen molar-refractivity contribution >= 4 is 23.0 Å². The molecule has 6 rings (SSSR count). The maximum absolute atomic E-state index is 14.5. The average Bonchev–Trinajstić information content (AvgIpc) is 3.37. The number of aryl methyl sites for hydroxylation is 2. The van der Waals surface area contributed by atoms with Crippen LogP contribution in [0.3, 0.4) is 0 Å². The molecule has 0 saturated carbocycles. The Labute approximate surface area is 316 Å². The van der Waals surface area contributed by atoms with Crippen LogP contribution < -0.4 is 9.47 Å². The molecule has 258 valence electrons.